The van der Waals surface area contributed by atoms with Crippen LogP contribution in [0, 0.1) is 5.92 Å². The molecular formula is C16H28N6O2. The Labute approximate surface area is 142 Å². The minimum absolute atomic E-state index is 0.132. The number of hydrogen-bond acceptors (Lipinski definition) is 6. The molecule has 24 heavy (non-hydrogen) atoms. The van der Waals surface area contributed by atoms with Gasteiger partial charge >= 0.3 is 0 Å². The summed E-state index contributed by atoms with van der Waals surface area (Å²) in [7, 11) is 1.72. The summed E-state index contributed by atoms with van der Waals surface area (Å²) < 4.78 is 5.15. The highest BCUT2D eigenvalue weighted by atomic mass is 16.5. The lowest BCUT2D eigenvalue weighted by Gasteiger charge is -2.37. The number of piperidine rings is 2. The second-order valence-electron chi connectivity index (χ2n) is 6.81. The maximum absolute atomic E-state index is 12.8. The fourth-order valence-corrected chi connectivity index (χ4v) is 3.78. The molecule has 134 valence electrons. The Morgan fingerprint density at radius 1 is 1.33 bits per heavy atom. The van der Waals surface area contributed by atoms with Crippen LogP contribution >= 0.6 is 0 Å². The molecule has 2 fully saturated rings. The monoisotopic (exact) mass is 336 g/mol. The van der Waals surface area contributed by atoms with Crippen molar-refractivity contribution in [3.05, 3.63) is 5.82 Å². The van der Waals surface area contributed by atoms with Crippen molar-refractivity contribution >= 4 is 11.9 Å². The first-order chi connectivity index (χ1) is 11.7. The van der Waals surface area contributed by atoms with Gasteiger partial charge in [0, 0.05) is 39.2 Å². The largest absolute Gasteiger partial charge is 0.383 e. The van der Waals surface area contributed by atoms with Gasteiger partial charge in [-0.2, -0.15) is 4.98 Å². The number of anilines is 1. The van der Waals surface area contributed by atoms with Gasteiger partial charge in [-0.15, -0.1) is 5.10 Å². The Morgan fingerprint density at radius 3 is 2.79 bits per heavy atom. The summed E-state index contributed by atoms with van der Waals surface area (Å²) in [4.78, 5) is 21.4. The summed E-state index contributed by atoms with van der Waals surface area (Å²) in [6.07, 6.45) is 3.93. The van der Waals surface area contributed by atoms with Crippen molar-refractivity contribution in [1.29, 1.82) is 0 Å². The van der Waals surface area contributed by atoms with Crippen LogP contribution in [0.4, 0.5) is 5.95 Å². The number of H-pyrrole nitrogens is 1. The first kappa shape index (κ1) is 17.2. The average molecular weight is 336 g/mol. The second kappa shape index (κ2) is 7.94. The van der Waals surface area contributed by atoms with Crippen molar-refractivity contribution in [2.75, 3.05) is 52.2 Å². The molecule has 0 radical (unpaired) electrons. The SMILES string of the molecule is COCCN1CCC[C@H](C(=O)N2CCC(c3nc(N)n[nH]3)CC2)C1. The highest BCUT2D eigenvalue weighted by Gasteiger charge is 2.32. The summed E-state index contributed by atoms with van der Waals surface area (Å²) in [6, 6.07) is 0. The van der Waals surface area contributed by atoms with E-state index in [-0.39, 0.29) is 5.92 Å². The van der Waals surface area contributed by atoms with E-state index in [1.54, 1.807) is 7.11 Å². The lowest BCUT2D eigenvalue weighted by molar-refractivity contribution is -0.138. The number of aromatic amines is 1. The maximum Gasteiger partial charge on any atom is 0.239 e. The number of rotatable bonds is 5. The molecule has 3 N–H and O–H groups in total. The third-order valence-electron chi connectivity index (χ3n) is 5.18. The van der Waals surface area contributed by atoms with E-state index in [4.69, 9.17) is 10.5 Å². The van der Waals surface area contributed by atoms with Gasteiger partial charge in [0.1, 0.15) is 5.82 Å². The molecule has 3 rings (SSSR count). The quantitative estimate of drug-likeness (QED) is 0.810. The summed E-state index contributed by atoms with van der Waals surface area (Å²) in [5, 5.41) is 6.80. The first-order valence-electron chi connectivity index (χ1n) is 8.85. The van der Waals surface area contributed by atoms with Gasteiger partial charge in [-0.25, -0.2) is 0 Å². The number of methoxy groups -OCH3 is 1. The number of aromatic nitrogens is 3. The highest BCUT2D eigenvalue weighted by molar-refractivity contribution is 5.79. The molecule has 8 nitrogen and oxygen atoms in total. The molecule has 0 aliphatic carbocycles. The molecule has 2 aliphatic rings. The van der Waals surface area contributed by atoms with E-state index in [0.29, 0.717) is 17.8 Å². The number of nitrogens with one attached hydrogen (secondary N) is 1. The molecule has 8 heteroatoms. The van der Waals surface area contributed by atoms with Crippen LogP contribution in [0.2, 0.25) is 0 Å². The number of nitrogen functional groups attached to an aromatic ring is 1. The molecule has 1 amide bonds. The van der Waals surface area contributed by atoms with E-state index < -0.39 is 0 Å². The van der Waals surface area contributed by atoms with Gasteiger partial charge in [0.05, 0.1) is 12.5 Å². The van der Waals surface area contributed by atoms with E-state index in [9.17, 15) is 4.79 Å². The van der Waals surface area contributed by atoms with E-state index in [1.165, 1.54) is 0 Å². The molecule has 0 bridgehead atoms. The Balaban J connectivity index is 1.49. The Kier molecular flexibility index (Phi) is 5.68. The topological polar surface area (TPSA) is 100 Å². The fourth-order valence-electron chi connectivity index (χ4n) is 3.78. The lowest BCUT2D eigenvalue weighted by atomic mass is 9.92. The molecule has 2 aliphatic heterocycles. The molecule has 3 heterocycles. The van der Waals surface area contributed by atoms with Gasteiger partial charge in [0.15, 0.2) is 0 Å². The van der Waals surface area contributed by atoms with Gasteiger partial charge in [-0.1, -0.05) is 0 Å². The fraction of sp³-hybridized carbons (Fsp3) is 0.812. The molecule has 2 saturated heterocycles. The number of nitrogens with zero attached hydrogens (tertiary/aromatic N) is 4. The van der Waals surface area contributed by atoms with Crippen LogP contribution in [0.5, 0.6) is 0 Å². The van der Waals surface area contributed by atoms with Crippen LogP contribution in [-0.4, -0.2) is 77.3 Å². The molecule has 0 aromatic carbocycles. The summed E-state index contributed by atoms with van der Waals surface area (Å²) in [5.74, 6) is 1.91. The standard InChI is InChI=1S/C16H28N6O2/c1-24-10-9-21-6-2-3-13(11-21)15(23)22-7-4-12(5-8-22)14-18-16(17)20-19-14/h12-13H,2-11H2,1H3,(H3,17,18,19,20)/t13-/m0/s1. The molecule has 1 aromatic rings. The van der Waals surface area contributed by atoms with E-state index in [1.807, 2.05) is 4.90 Å². The van der Waals surface area contributed by atoms with Crippen LogP contribution in [0.25, 0.3) is 0 Å². The first-order valence-corrected chi connectivity index (χ1v) is 8.85. The maximum atomic E-state index is 12.8. The predicted molar refractivity (Wildman–Crippen MR) is 90.4 cm³/mol. The molecule has 0 saturated carbocycles. The zero-order chi connectivity index (χ0) is 16.9. The lowest BCUT2D eigenvalue weighted by Crippen LogP contribution is -2.47. The smallest absolute Gasteiger partial charge is 0.239 e. The van der Waals surface area contributed by atoms with Crippen LogP contribution < -0.4 is 5.73 Å². The van der Waals surface area contributed by atoms with Gasteiger partial charge < -0.3 is 20.3 Å². The summed E-state index contributed by atoms with van der Waals surface area (Å²) >= 11 is 0. The summed E-state index contributed by atoms with van der Waals surface area (Å²) in [5.41, 5.74) is 5.57. The van der Waals surface area contributed by atoms with Crippen molar-refractivity contribution < 1.29 is 9.53 Å². The number of likely N-dealkylation sites (tertiary alicyclic amines) is 2. The van der Waals surface area contributed by atoms with Crippen molar-refractivity contribution in [3.8, 4) is 0 Å². The highest BCUT2D eigenvalue weighted by Crippen LogP contribution is 2.28. The number of hydrogen-bond donors (Lipinski definition) is 2. The molecule has 0 spiro atoms. The van der Waals surface area contributed by atoms with Crippen LogP contribution in [0.1, 0.15) is 37.4 Å². The van der Waals surface area contributed by atoms with Gasteiger partial charge in [0.25, 0.3) is 0 Å². The average Bonchev–Trinajstić information content (AvgIpc) is 3.06. The molecule has 1 atom stereocenters. The predicted octanol–water partition coefficient (Wildman–Crippen LogP) is 0.451. The van der Waals surface area contributed by atoms with Gasteiger partial charge in [-0.3, -0.25) is 9.89 Å². The number of amides is 1. The van der Waals surface area contributed by atoms with Crippen molar-refractivity contribution in [1.82, 2.24) is 25.0 Å². The van der Waals surface area contributed by atoms with Crippen LogP contribution in [-0.2, 0) is 9.53 Å². The Bertz CT molecular complexity index is 540. The zero-order valence-corrected chi connectivity index (χ0v) is 14.4. The second-order valence-corrected chi connectivity index (χ2v) is 6.81. The Hall–Kier alpha value is -1.67. The van der Waals surface area contributed by atoms with Crippen LogP contribution in [0.15, 0.2) is 0 Å². The Morgan fingerprint density at radius 2 is 2.12 bits per heavy atom. The molecular weight excluding hydrogens is 308 g/mol. The number of carbonyl (C=O) groups is 1. The third kappa shape index (κ3) is 4.05. The number of nitrogens with two attached hydrogens (primary N) is 1. The minimum atomic E-state index is 0.132. The molecule has 0 unspecified atom stereocenters. The van der Waals surface area contributed by atoms with E-state index in [2.05, 4.69) is 20.1 Å². The van der Waals surface area contributed by atoms with Crippen LogP contribution in [0.3, 0.4) is 0 Å². The number of ether oxygens (including phenoxy) is 1. The van der Waals surface area contributed by atoms with E-state index in [0.717, 1.165) is 70.8 Å². The number of carbonyl (C=O) groups excluding carboxylic acids is 1. The summed E-state index contributed by atoms with van der Waals surface area (Å²) in [6.45, 7) is 5.15. The minimum Gasteiger partial charge on any atom is -0.383 e. The molecule has 1 aromatic heterocycles. The van der Waals surface area contributed by atoms with Crippen molar-refractivity contribution in [3.63, 3.8) is 0 Å². The van der Waals surface area contributed by atoms with Gasteiger partial charge in [-0.05, 0) is 32.2 Å². The van der Waals surface area contributed by atoms with Crippen molar-refractivity contribution in [2.45, 2.75) is 31.6 Å². The van der Waals surface area contributed by atoms with E-state index >= 15 is 0 Å². The normalized spacial score (nSPS) is 23.5. The third-order valence-corrected chi connectivity index (χ3v) is 5.18. The van der Waals surface area contributed by atoms with Gasteiger partial charge in [0.2, 0.25) is 11.9 Å². The van der Waals surface area contributed by atoms with Crippen molar-refractivity contribution in [2.24, 2.45) is 5.92 Å². The zero-order valence-electron chi connectivity index (χ0n) is 14.4.